The number of hydrogen-bond donors (Lipinski definition) is 0. The van der Waals surface area contributed by atoms with Crippen molar-refractivity contribution in [1.29, 1.82) is 0 Å². The van der Waals surface area contributed by atoms with Crippen LogP contribution < -0.4 is 0 Å². The molecule has 1 aromatic heterocycles. The molecule has 0 radical (unpaired) electrons. The Morgan fingerprint density at radius 1 is 1.41 bits per heavy atom. The average molecular weight is 268 g/mol. The molecule has 1 heterocycles. The Morgan fingerprint density at radius 3 is 2.76 bits per heavy atom. The number of thioether (sulfide) groups is 1. The smallest absolute Gasteiger partial charge is 0.339 e. The topological polar surface area (TPSA) is 38.9 Å². The number of hydrogen-bond acceptors (Lipinski definition) is 4. The highest BCUT2D eigenvalue weighted by atomic mass is 32.2. The van der Waals surface area contributed by atoms with E-state index in [0.717, 1.165) is 12.2 Å². The Kier molecular flexibility index (Phi) is 5.80. The van der Waals surface area contributed by atoms with Crippen LogP contribution in [0.5, 0.6) is 0 Å². The SMILES string of the molecule is CC(CCSCCCC(F)(F)F)c1ncno1. The van der Waals surface area contributed by atoms with Gasteiger partial charge in [-0.15, -0.1) is 0 Å². The summed E-state index contributed by atoms with van der Waals surface area (Å²) in [7, 11) is 0. The fourth-order valence-electron chi connectivity index (χ4n) is 1.26. The summed E-state index contributed by atoms with van der Waals surface area (Å²) in [6.07, 6.45) is -2.36. The van der Waals surface area contributed by atoms with Gasteiger partial charge in [0.15, 0.2) is 6.33 Å². The van der Waals surface area contributed by atoms with Crippen molar-refractivity contribution in [3.05, 3.63) is 12.2 Å². The van der Waals surface area contributed by atoms with Crippen LogP contribution in [0.25, 0.3) is 0 Å². The monoisotopic (exact) mass is 268 g/mol. The van der Waals surface area contributed by atoms with Crippen LogP contribution in [0.2, 0.25) is 0 Å². The Morgan fingerprint density at radius 2 is 2.18 bits per heavy atom. The predicted molar refractivity (Wildman–Crippen MR) is 59.9 cm³/mol. The van der Waals surface area contributed by atoms with E-state index in [1.165, 1.54) is 18.1 Å². The van der Waals surface area contributed by atoms with Crippen LogP contribution in [-0.4, -0.2) is 27.8 Å². The van der Waals surface area contributed by atoms with Gasteiger partial charge in [-0.3, -0.25) is 0 Å². The quantitative estimate of drug-likeness (QED) is 0.708. The fraction of sp³-hybridized carbons (Fsp3) is 0.800. The number of nitrogens with zero attached hydrogens (tertiary/aromatic N) is 2. The summed E-state index contributed by atoms with van der Waals surface area (Å²) in [4.78, 5) is 3.93. The number of alkyl halides is 3. The Hall–Kier alpha value is -0.720. The minimum Gasteiger partial charge on any atom is -0.339 e. The molecule has 0 fully saturated rings. The van der Waals surface area contributed by atoms with Gasteiger partial charge in [0, 0.05) is 12.3 Å². The molecule has 0 aromatic carbocycles. The lowest BCUT2D eigenvalue weighted by Crippen LogP contribution is -2.07. The van der Waals surface area contributed by atoms with Gasteiger partial charge in [-0.05, 0) is 24.3 Å². The first-order valence-corrected chi connectivity index (χ1v) is 6.55. The zero-order valence-corrected chi connectivity index (χ0v) is 10.4. The van der Waals surface area contributed by atoms with Gasteiger partial charge in [-0.2, -0.15) is 29.9 Å². The van der Waals surface area contributed by atoms with Crippen LogP contribution in [0, 0.1) is 0 Å². The van der Waals surface area contributed by atoms with Crippen molar-refractivity contribution in [1.82, 2.24) is 10.1 Å². The Balaban J connectivity index is 2.01. The van der Waals surface area contributed by atoms with Crippen molar-refractivity contribution in [3.8, 4) is 0 Å². The van der Waals surface area contributed by atoms with Gasteiger partial charge in [-0.1, -0.05) is 12.1 Å². The van der Waals surface area contributed by atoms with Crippen molar-refractivity contribution in [2.75, 3.05) is 11.5 Å². The molecule has 0 spiro atoms. The Bertz CT molecular complexity index is 303. The highest BCUT2D eigenvalue weighted by molar-refractivity contribution is 7.99. The third-order valence-corrected chi connectivity index (χ3v) is 3.35. The van der Waals surface area contributed by atoms with E-state index < -0.39 is 12.6 Å². The molecule has 0 amide bonds. The molecule has 1 aromatic rings. The number of aromatic nitrogens is 2. The second kappa shape index (κ2) is 6.88. The molecule has 98 valence electrons. The van der Waals surface area contributed by atoms with E-state index in [4.69, 9.17) is 4.52 Å². The molecular weight excluding hydrogens is 253 g/mol. The largest absolute Gasteiger partial charge is 0.389 e. The second-order valence-corrected chi connectivity index (χ2v) is 5.03. The minimum atomic E-state index is -4.03. The maximum Gasteiger partial charge on any atom is 0.389 e. The second-order valence-electron chi connectivity index (χ2n) is 3.80. The van der Waals surface area contributed by atoms with Crippen LogP contribution in [0.15, 0.2) is 10.9 Å². The van der Waals surface area contributed by atoms with Gasteiger partial charge in [0.1, 0.15) is 0 Å². The van der Waals surface area contributed by atoms with Crippen LogP contribution in [0.1, 0.15) is 38.0 Å². The fourth-order valence-corrected chi connectivity index (χ4v) is 2.33. The molecule has 0 saturated heterocycles. The summed E-state index contributed by atoms with van der Waals surface area (Å²) >= 11 is 1.53. The summed E-state index contributed by atoms with van der Waals surface area (Å²) in [5, 5.41) is 3.51. The van der Waals surface area contributed by atoms with Crippen molar-refractivity contribution in [2.45, 2.75) is 38.3 Å². The van der Waals surface area contributed by atoms with Crippen LogP contribution in [0.3, 0.4) is 0 Å². The van der Waals surface area contributed by atoms with Crippen LogP contribution >= 0.6 is 11.8 Å². The zero-order chi connectivity index (χ0) is 12.7. The van der Waals surface area contributed by atoms with Crippen LogP contribution in [-0.2, 0) is 0 Å². The van der Waals surface area contributed by atoms with E-state index in [2.05, 4.69) is 10.1 Å². The molecule has 0 N–H and O–H groups in total. The highest BCUT2D eigenvalue weighted by Crippen LogP contribution is 2.24. The first-order valence-electron chi connectivity index (χ1n) is 5.40. The maximum absolute atomic E-state index is 11.8. The molecule has 0 aliphatic heterocycles. The molecule has 1 unspecified atom stereocenters. The summed E-state index contributed by atoms with van der Waals surface area (Å²) in [6, 6.07) is 0. The molecule has 1 atom stereocenters. The molecule has 7 heteroatoms. The van der Waals surface area contributed by atoms with E-state index in [9.17, 15) is 13.2 Å². The first kappa shape index (κ1) is 14.3. The van der Waals surface area contributed by atoms with E-state index in [-0.39, 0.29) is 12.3 Å². The first-order chi connectivity index (χ1) is 7.99. The normalized spacial score (nSPS) is 13.9. The van der Waals surface area contributed by atoms with Crippen molar-refractivity contribution in [2.24, 2.45) is 0 Å². The molecule has 0 aliphatic rings. The maximum atomic E-state index is 11.8. The van der Waals surface area contributed by atoms with E-state index >= 15 is 0 Å². The third kappa shape index (κ3) is 6.55. The molecular formula is C10H15F3N2OS. The third-order valence-electron chi connectivity index (χ3n) is 2.24. The lowest BCUT2D eigenvalue weighted by molar-refractivity contribution is -0.134. The van der Waals surface area contributed by atoms with E-state index in [0.29, 0.717) is 11.6 Å². The molecule has 0 aliphatic carbocycles. The number of rotatable bonds is 7. The lowest BCUT2D eigenvalue weighted by Gasteiger charge is -2.07. The van der Waals surface area contributed by atoms with Crippen LogP contribution in [0.4, 0.5) is 13.2 Å². The van der Waals surface area contributed by atoms with Crippen molar-refractivity contribution in [3.63, 3.8) is 0 Å². The molecule has 0 saturated carbocycles. The van der Waals surface area contributed by atoms with Crippen molar-refractivity contribution < 1.29 is 17.7 Å². The van der Waals surface area contributed by atoms with E-state index in [1.807, 2.05) is 6.92 Å². The molecule has 3 nitrogen and oxygen atoms in total. The number of halogens is 3. The van der Waals surface area contributed by atoms with Gasteiger partial charge < -0.3 is 4.52 Å². The summed E-state index contributed by atoms with van der Waals surface area (Å²) in [5.74, 6) is 2.09. The highest BCUT2D eigenvalue weighted by Gasteiger charge is 2.25. The minimum absolute atomic E-state index is 0.160. The van der Waals surface area contributed by atoms with Gasteiger partial charge in [0.05, 0.1) is 0 Å². The molecule has 17 heavy (non-hydrogen) atoms. The lowest BCUT2D eigenvalue weighted by atomic mass is 10.1. The zero-order valence-electron chi connectivity index (χ0n) is 9.54. The van der Waals surface area contributed by atoms with Crippen molar-refractivity contribution >= 4 is 11.8 Å². The molecule has 1 rings (SSSR count). The molecule has 0 bridgehead atoms. The predicted octanol–water partition coefficient (Wildman–Crippen LogP) is 3.64. The van der Waals surface area contributed by atoms with E-state index in [1.54, 1.807) is 0 Å². The summed E-state index contributed by atoms with van der Waals surface area (Å²) in [6.45, 7) is 1.96. The van der Waals surface area contributed by atoms with Gasteiger partial charge in [-0.25, -0.2) is 0 Å². The average Bonchev–Trinajstić information content (AvgIpc) is 2.74. The standard InChI is InChI=1S/C10H15F3N2OS/c1-8(9-14-7-15-16-9)3-6-17-5-2-4-10(11,12)13/h7-8H,2-6H2,1H3. The Labute approximate surface area is 102 Å². The summed E-state index contributed by atoms with van der Waals surface area (Å²) in [5.41, 5.74) is 0. The van der Waals surface area contributed by atoms with Gasteiger partial charge in [0.25, 0.3) is 0 Å². The summed E-state index contributed by atoms with van der Waals surface area (Å²) < 4.78 is 40.4. The van der Waals surface area contributed by atoms with Gasteiger partial charge in [0.2, 0.25) is 5.89 Å². The van der Waals surface area contributed by atoms with Gasteiger partial charge >= 0.3 is 6.18 Å².